The van der Waals surface area contributed by atoms with Gasteiger partial charge >= 0.3 is 0 Å². The second kappa shape index (κ2) is 8.89. The van der Waals surface area contributed by atoms with Gasteiger partial charge in [0, 0.05) is 12.7 Å². The van der Waals surface area contributed by atoms with Crippen molar-refractivity contribution in [2.75, 3.05) is 0 Å². The Hall–Kier alpha value is -1.12. The van der Waals surface area contributed by atoms with E-state index in [1.165, 1.54) is 31.3 Å². The van der Waals surface area contributed by atoms with Gasteiger partial charge in [0.1, 0.15) is 0 Å². The van der Waals surface area contributed by atoms with Gasteiger partial charge in [0.15, 0.2) is 0 Å². The third-order valence-electron chi connectivity index (χ3n) is 3.21. The lowest BCUT2D eigenvalue weighted by Gasteiger charge is -2.03. The van der Waals surface area contributed by atoms with E-state index < -0.39 is 0 Å². The molecule has 0 saturated heterocycles. The van der Waals surface area contributed by atoms with Crippen LogP contribution in [0.15, 0.2) is 17.8 Å². The molecule has 0 radical (unpaired) electrons. The lowest BCUT2D eigenvalue weighted by atomic mass is 10.1. The van der Waals surface area contributed by atoms with Crippen molar-refractivity contribution in [2.45, 2.75) is 72.8 Å². The largest absolute Gasteiger partial charge is 0.252 e. The van der Waals surface area contributed by atoms with Gasteiger partial charge in [-0.15, -0.1) is 5.10 Å². The number of aromatic nitrogens is 3. The molecule has 0 bridgehead atoms. The van der Waals surface area contributed by atoms with E-state index >= 15 is 0 Å². The van der Waals surface area contributed by atoms with E-state index in [-0.39, 0.29) is 0 Å². The first kappa shape index (κ1) is 15.9. The Labute approximate surface area is 118 Å². The molecule has 108 valence electrons. The molecule has 1 heterocycles. The molecule has 0 aliphatic heterocycles. The molecule has 0 amide bonds. The predicted molar refractivity (Wildman–Crippen MR) is 81.1 cm³/mol. The maximum Gasteiger partial charge on any atom is 0.0830 e. The highest BCUT2D eigenvalue weighted by atomic mass is 15.4. The van der Waals surface area contributed by atoms with Gasteiger partial charge in [-0.2, -0.15) is 0 Å². The van der Waals surface area contributed by atoms with Crippen LogP contribution in [-0.2, 0) is 13.0 Å². The minimum Gasteiger partial charge on any atom is -0.252 e. The zero-order valence-electron chi connectivity index (χ0n) is 13.0. The lowest BCUT2D eigenvalue weighted by molar-refractivity contribution is 0.487. The summed E-state index contributed by atoms with van der Waals surface area (Å²) in [6.45, 7) is 9.85. The Bertz CT molecular complexity index is 373. The van der Waals surface area contributed by atoms with Crippen molar-refractivity contribution in [3.63, 3.8) is 0 Å². The minimum atomic E-state index is 0.827. The van der Waals surface area contributed by atoms with E-state index in [4.69, 9.17) is 0 Å². The summed E-state index contributed by atoms with van der Waals surface area (Å²) in [5.74, 6) is 0.827. The van der Waals surface area contributed by atoms with Crippen molar-refractivity contribution >= 4 is 0 Å². The summed E-state index contributed by atoms with van der Waals surface area (Å²) < 4.78 is 1.99. The fraction of sp³-hybridized carbons (Fsp3) is 0.750. The van der Waals surface area contributed by atoms with Gasteiger partial charge < -0.3 is 0 Å². The first-order chi connectivity index (χ1) is 9.08. The van der Waals surface area contributed by atoms with Crippen molar-refractivity contribution in [2.24, 2.45) is 5.92 Å². The first-order valence-corrected chi connectivity index (χ1v) is 7.60. The molecule has 0 aliphatic rings. The maximum absolute atomic E-state index is 4.22. The summed E-state index contributed by atoms with van der Waals surface area (Å²) in [6, 6.07) is 0. The monoisotopic (exact) mass is 263 g/mol. The summed E-state index contributed by atoms with van der Waals surface area (Å²) >= 11 is 0. The predicted octanol–water partition coefficient (Wildman–Crippen LogP) is 4.39. The number of unbranched alkanes of at least 4 members (excludes halogenated alkanes) is 2. The average Bonchev–Trinajstić information content (AvgIpc) is 2.76. The number of allylic oxidation sites excluding steroid dienone is 2. The van der Waals surface area contributed by atoms with Crippen LogP contribution in [0.3, 0.4) is 0 Å². The minimum absolute atomic E-state index is 0.827. The second-order valence-electron chi connectivity index (χ2n) is 6.04. The van der Waals surface area contributed by atoms with Crippen LogP contribution in [0.5, 0.6) is 0 Å². The normalized spacial score (nSPS) is 11.0. The van der Waals surface area contributed by atoms with E-state index in [0.717, 1.165) is 31.0 Å². The highest BCUT2D eigenvalue weighted by Gasteiger charge is 2.00. The zero-order valence-corrected chi connectivity index (χ0v) is 13.0. The standard InChI is InChI=1S/C16H29N3/c1-14(2)9-6-5-7-12-19-13-16(17-18-19)11-8-10-15(3)4/h10,13-14H,5-9,11-12H2,1-4H3. The smallest absolute Gasteiger partial charge is 0.0830 e. The van der Waals surface area contributed by atoms with E-state index in [1.807, 2.05) is 4.68 Å². The van der Waals surface area contributed by atoms with Gasteiger partial charge in [0.25, 0.3) is 0 Å². The molecule has 3 heteroatoms. The Morgan fingerprint density at radius 3 is 2.74 bits per heavy atom. The Morgan fingerprint density at radius 1 is 1.26 bits per heavy atom. The molecule has 0 aliphatic carbocycles. The molecule has 0 spiro atoms. The highest BCUT2D eigenvalue weighted by molar-refractivity contribution is 4.99. The molecule has 0 N–H and O–H groups in total. The Kier molecular flexibility index (Phi) is 7.46. The van der Waals surface area contributed by atoms with Crippen LogP contribution in [0.2, 0.25) is 0 Å². The number of nitrogens with zero attached hydrogens (tertiary/aromatic N) is 3. The summed E-state index contributed by atoms with van der Waals surface area (Å²) in [5.41, 5.74) is 2.48. The number of rotatable bonds is 9. The van der Waals surface area contributed by atoms with Gasteiger partial charge in [-0.05, 0) is 39.0 Å². The van der Waals surface area contributed by atoms with E-state index in [2.05, 4.69) is 50.3 Å². The van der Waals surface area contributed by atoms with Crippen LogP contribution in [0.25, 0.3) is 0 Å². The Morgan fingerprint density at radius 2 is 2.05 bits per heavy atom. The third kappa shape index (κ3) is 7.81. The van der Waals surface area contributed by atoms with Crippen LogP contribution in [-0.4, -0.2) is 15.0 Å². The second-order valence-corrected chi connectivity index (χ2v) is 6.04. The molecule has 0 fully saturated rings. The fourth-order valence-electron chi connectivity index (χ4n) is 2.07. The molecular formula is C16H29N3. The summed E-state index contributed by atoms with van der Waals surface area (Å²) in [7, 11) is 0. The topological polar surface area (TPSA) is 30.7 Å². The molecule has 1 aromatic heterocycles. The van der Waals surface area contributed by atoms with Crippen LogP contribution in [0.4, 0.5) is 0 Å². The highest BCUT2D eigenvalue weighted by Crippen LogP contribution is 2.09. The average molecular weight is 263 g/mol. The van der Waals surface area contributed by atoms with Crippen molar-refractivity contribution < 1.29 is 0 Å². The summed E-state index contributed by atoms with van der Waals surface area (Å²) in [6.07, 6.45) is 11.6. The van der Waals surface area contributed by atoms with Crippen molar-refractivity contribution in [3.8, 4) is 0 Å². The zero-order chi connectivity index (χ0) is 14.1. The molecule has 0 saturated carbocycles. The maximum atomic E-state index is 4.22. The van der Waals surface area contributed by atoms with Gasteiger partial charge in [-0.25, -0.2) is 0 Å². The first-order valence-electron chi connectivity index (χ1n) is 7.60. The lowest BCUT2D eigenvalue weighted by Crippen LogP contribution is -1.99. The van der Waals surface area contributed by atoms with Crippen molar-refractivity contribution in [3.05, 3.63) is 23.5 Å². The number of hydrogen-bond acceptors (Lipinski definition) is 2. The van der Waals surface area contributed by atoms with E-state index in [0.29, 0.717) is 0 Å². The molecule has 1 aromatic rings. The van der Waals surface area contributed by atoms with Crippen molar-refractivity contribution in [1.29, 1.82) is 0 Å². The summed E-state index contributed by atoms with van der Waals surface area (Å²) in [4.78, 5) is 0. The van der Waals surface area contributed by atoms with Crippen LogP contribution >= 0.6 is 0 Å². The third-order valence-corrected chi connectivity index (χ3v) is 3.21. The van der Waals surface area contributed by atoms with Gasteiger partial charge in [-0.1, -0.05) is 50.0 Å². The van der Waals surface area contributed by atoms with Gasteiger partial charge in [0.2, 0.25) is 0 Å². The molecule has 19 heavy (non-hydrogen) atoms. The van der Waals surface area contributed by atoms with Gasteiger partial charge in [-0.3, -0.25) is 4.68 Å². The Balaban J connectivity index is 2.18. The number of hydrogen-bond donors (Lipinski definition) is 0. The van der Waals surface area contributed by atoms with E-state index in [1.54, 1.807) is 0 Å². The van der Waals surface area contributed by atoms with Crippen LogP contribution in [0, 0.1) is 5.92 Å². The van der Waals surface area contributed by atoms with E-state index in [9.17, 15) is 0 Å². The summed E-state index contributed by atoms with van der Waals surface area (Å²) in [5, 5.41) is 8.42. The SMILES string of the molecule is CC(C)=CCCc1cn(CCCCCC(C)C)nn1. The molecule has 1 rings (SSSR count). The fourth-order valence-corrected chi connectivity index (χ4v) is 2.07. The van der Waals surface area contributed by atoms with Crippen molar-refractivity contribution in [1.82, 2.24) is 15.0 Å². The molecule has 3 nitrogen and oxygen atoms in total. The van der Waals surface area contributed by atoms with Crippen LogP contribution in [0.1, 0.15) is 65.5 Å². The molecule has 0 aromatic carbocycles. The van der Waals surface area contributed by atoms with Gasteiger partial charge in [0.05, 0.1) is 5.69 Å². The molecule has 0 atom stereocenters. The molecular weight excluding hydrogens is 234 g/mol. The van der Waals surface area contributed by atoms with Crippen LogP contribution < -0.4 is 0 Å². The quantitative estimate of drug-likeness (QED) is 0.488. The molecule has 0 unspecified atom stereocenters. The number of aryl methyl sites for hydroxylation is 2.